The Morgan fingerprint density at radius 1 is 1.22 bits per heavy atom. The van der Waals surface area contributed by atoms with Crippen LogP contribution in [0.15, 0.2) is 36.4 Å². The number of ketones is 1. The SMILES string of the molecule is COCCCC(=O)/C=C/[C@H]1CCC(=O)N1CCc1ccc(C(=O)OC)cc1. The summed E-state index contributed by atoms with van der Waals surface area (Å²) < 4.78 is 9.64. The quantitative estimate of drug-likeness (QED) is 0.358. The molecule has 146 valence electrons. The van der Waals surface area contributed by atoms with Crippen molar-refractivity contribution in [2.24, 2.45) is 0 Å². The molecular formula is C21H27NO5. The average molecular weight is 373 g/mol. The van der Waals surface area contributed by atoms with E-state index in [1.807, 2.05) is 23.1 Å². The first-order valence-corrected chi connectivity index (χ1v) is 9.22. The number of ether oxygens (including phenoxy) is 2. The second-order valence-electron chi connectivity index (χ2n) is 6.55. The first-order valence-electron chi connectivity index (χ1n) is 9.22. The Bertz CT molecular complexity index is 680. The van der Waals surface area contributed by atoms with E-state index in [0.717, 1.165) is 12.0 Å². The van der Waals surface area contributed by atoms with E-state index in [1.54, 1.807) is 25.3 Å². The van der Waals surface area contributed by atoms with Crippen LogP contribution in [-0.4, -0.2) is 56.0 Å². The van der Waals surface area contributed by atoms with Crippen LogP contribution in [0.5, 0.6) is 0 Å². The zero-order valence-electron chi connectivity index (χ0n) is 16.0. The molecule has 1 aromatic rings. The highest BCUT2D eigenvalue weighted by Crippen LogP contribution is 2.20. The van der Waals surface area contributed by atoms with Crippen LogP contribution in [0.3, 0.4) is 0 Å². The van der Waals surface area contributed by atoms with Gasteiger partial charge in [-0.3, -0.25) is 9.59 Å². The molecule has 2 rings (SSSR count). The van der Waals surface area contributed by atoms with E-state index in [-0.39, 0.29) is 23.7 Å². The molecule has 0 aromatic heterocycles. The number of benzene rings is 1. The van der Waals surface area contributed by atoms with Crippen LogP contribution in [0.2, 0.25) is 0 Å². The van der Waals surface area contributed by atoms with Gasteiger partial charge in [0.1, 0.15) is 0 Å². The lowest BCUT2D eigenvalue weighted by Gasteiger charge is -2.22. The molecular weight excluding hydrogens is 346 g/mol. The van der Waals surface area contributed by atoms with Gasteiger partial charge in [-0.1, -0.05) is 18.2 Å². The minimum atomic E-state index is -0.364. The van der Waals surface area contributed by atoms with Gasteiger partial charge in [0.05, 0.1) is 18.7 Å². The third-order valence-corrected chi connectivity index (χ3v) is 4.67. The number of nitrogens with zero attached hydrogens (tertiary/aromatic N) is 1. The summed E-state index contributed by atoms with van der Waals surface area (Å²) in [4.78, 5) is 37.3. The first-order chi connectivity index (χ1) is 13.0. The van der Waals surface area contributed by atoms with Crippen molar-refractivity contribution in [2.45, 2.75) is 38.1 Å². The molecule has 1 aromatic carbocycles. The van der Waals surface area contributed by atoms with Crippen LogP contribution in [0, 0.1) is 0 Å². The molecule has 1 aliphatic rings. The Kier molecular flexibility index (Phi) is 8.20. The van der Waals surface area contributed by atoms with Gasteiger partial charge < -0.3 is 14.4 Å². The number of hydrogen-bond donors (Lipinski definition) is 0. The molecule has 1 atom stereocenters. The summed E-state index contributed by atoms with van der Waals surface area (Å²) in [7, 11) is 2.97. The Balaban J connectivity index is 1.88. The van der Waals surface area contributed by atoms with E-state index in [1.165, 1.54) is 7.11 Å². The van der Waals surface area contributed by atoms with Gasteiger partial charge in [0.25, 0.3) is 0 Å². The maximum atomic E-state index is 12.2. The summed E-state index contributed by atoms with van der Waals surface area (Å²) in [6.45, 7) is 1.16. The van der Waals surface area contributed by atoms with Crippen LogP contribution in [0.4, 0.5) is 0 Å². The number of esters is 1. The number of methoxy groups -OCH3 is 2. The Morgan fingerprint density at radius 3 is 2.63 bits per heavy atom. The molecule has 1 amide bonds. The summed E-state index contributed by atoms with van der Waals surface area (Å²) in [5.41, 5.74) is 1.55. The van der Waals surface area contributed by atoms with Gasteiger partial charge in [-0.25, -0.2) is 4.79 Å². The van der Waals surface area contributed by atoms with Crippen molar-refractivity contribution in [1.29, 1.82) is 0 Å². The zero-order chi connectivity index (χ0) is 19.6. The zero-order valence-corrected chi connectivity index (χ0v) is 16.0. The third kappa shape index (κ3) is 6.32. The molecule has 0 aliphatic carbocycles. The average Bonchev–Trinajstić information content (AvgIpc) is 3.04. The van der Waals surface area contributed by atoms with Gasteiger partial charge in [-0.2, -0.15) is 0 Å². The van der Waals surface area contributed by atoms with Crippen molar-refractivity contribution in [2.75, 3.05) is 27.4 Å². The maximum absolute atomic E-state index is 12.2. The minimum Gasteiger partial charge on any atom is -0.465 e. The van der Waals surface area contributed by atoms with Crippen LogP contribution >= 0.6 is 0 Å². The van der Waals surface area contributed by atoms with Crippen molar-refractivity contribution in [1.82, 2.24) is 4.90 Å². The van der Waals surface area contributed by atoms with E-state index < -0.39 is 0 Å². The number of amides is 1. The highest BCUT2D eigenvalue weighted by atomic mass is 16.5. The topological polar surface area (TPSA) is 72.9 Å². The van der Waals surface area contributed by atoms with Crippen LogP contribution in [0.1, 0.15) is 41.6 Å². The van der Waals surface area contributed by atoms with Gasteiger partial charge in [-0.15, -0.1) is 0 Å². The summed E-state index contributed by atoms with van der Waals surface area (Å²) in [6.07, 6.45) is 6.54. The van der Waals surface area contributed by atoms with E-state index in [2.05, 4.69) is 4.74 Å². The molecule has 1 aliphatic heterocycles. The molecule has 6 heteroatoms. The summed E-state index contributed by atoms with van der Waals surface area (Å²) in [6, 6.07) is 7.17. The minimum absolute atomic E-state index is 0.0294. The van der Waals surface area contributed by atoms with Crippen molar-refractivity contribution in [3.8, 4) is 0 Å². The van der Waals surface area contributed by atoms with E-state index in [0.29, 0.717) is 44.4 Å². The summed E-state index contributed by atoms with van der Waals surface area (Å²) >= 11 is 0. The molecule has 0 spiro atoms. The second kappa shape index (κ2) is 10.6. The molecule has 0 saturated carbocycles. The smallest absolute Gasteiger partial charge is 0.337 e. The summed E-state index contributed by atoms with van der Waals surface area (Å²) in [5, 5.41) is 0. The number of carbonyl (C=O) groups is 3. The lowest BCUT2D eigenvalue weighted by Crippen LogP contribution is -2.33. The van der Waals surface area contributed by atoms with E-state index >= 15 is 0 Å². The molecule has 0 bridgehead atoms. The third-order valence-electron chi connectivity index (χ3n) is 4.67. The molecule has 0 radical (unpaired) electrons. The highest BCUT2D eigenvalue weighted by molar-refractivity contribution is 5.90. The van der Waals surface area contributed by atoms with Gasteiger partial charge in [0.2, 0.25) is 5.91 Å². The Morgan fingerprint density at radius 2 is 1.96 bits per heavy atom. The number of likely N-dealkylation sites (tertiary alicyclic amines) is 1. The second-order valence-corrected chi connectivity index (χ2v) is 6.55. The maximum Gasteiger partial charge on any atom is 0.337 e. The predicted molar refractivity (Wildman–Crippen MR) is 101 cm³/mol. The van der Waals surface area contributed by atoms with Crippen molar-refractivity contribution in [3.05, 3.63) is 47.5 Å². The van der Waals surface area contributed by atoms with Crippen molar-refractivity contribution >= 4 is 17.7 Å². The van der Waals surface area contributed by atoms with Crippen LogP contribution in [0.25, 0.3) is 0 Å². The Hall–Kier alpha value is -2.47. The van der Waals surface area contributed by atoms with E-state index in [9.17, 15) is 14.4 Å². The Labute approximate surface area is 160 Å². The monoisotopic (exact) mass is 373 g/mol. The van der Waals surface area contributed by atoms with E-state index in [4.69, 9.17) is 4.74 Å². The molecule has 27 heavy (non-hydrogen) atoms. The van der Waals surface area contributed by atoms with Crippen molar-refractivity contribution in [3.63, 3.8) is 0 Å². The lowest BCUT2D eigenvalue weighted by atomic mass is 10.1. The largest absolute Gasteiger partial charge is 0.465 e. The van der Waals surface area contributed by atoms with Crippen LogP contribution in [-0.2, 0) is 25.5 Å². The van der Waals surface area contributed by atoms with Gasteiger partial charge >= 0.3 is 5.97 Å². The van der Waals surface area contributed by atoms with Gasteiger partial charge in [-0.05, 0) is 43.0 Å². The number of rotatable bonds is 10. The van der Waals surface area contributed by atoms with Crippen LogP contribution < -0.4 is 0 Å². The standard InChI is InChI=1S/C21H27NO5/c1-26-15-3-4-19(23)11-9-18-10-12-20(24)22(18)14-13-16-5-7-17(8-6-16)21(25)27-2/h5-9,11,18H,3-4,10,12-15H2,1-2H3/b11-9+/t18-/m0/s1. The molecule has 1 heterocycles. The summed E-state index contributed by atoms with van der Waals surface area (Å²) in [5.74, 6) is -0.191. The predicted octanol–water partition coefficient (Wildman–Crippen LogP) is 2.56. The molecule has 0 unspecified atom stereocenters. The lowest BCUT2D eigenvalue weighted by molar-refractivity contribution is -0.128. The molecule has 1 saturated heterocycles. The van der Waals surface area contributed by atoms with Gasteiger partial charge in [0.15, 0.2) is 5.78 Å². The fraction of sp³-hybridized carbons (Fsp3) is 0.476. The number of hydrogen-bond acceptors (Lipinski definition) is 5. The first kappa shape index (κ1) is 20.8. The highest BCUT2D eigenvalue weighted by Gasteiger charge is 2.28. The molecule has 0 N–H and O–H groups in total. The molecule has 1 fully saturated rings. The van der Waals surface area contributed by atoms with Gasteiger partial charge in [0, 0.05) is 33.1 Å². The fourth-order valence-electron chi connectivity index (χ4n) is 3.11. The molecule has 6 nitrogen and oxygen atoms in total. The van der Waals surface area contributed by atoms with Crippen molar-refractivity contribution < 1.29 is 23.9 Å². The number of carbonyl (C=O) groups excluding carboxylic acids is 3. The number of allylic oxidation sites excluding steroid dienone is 1. The normalized spacial score (nSPS) is 16.9. The fourth-order valence-corrected chi connectivity index (χ4v) is 3.11.